The summed E-state index contributed by atoms with van der Waals surface area (Å²) in [6, 6.07) is 12.6. The summed E-state index contributed by atoms with van der Waals surface area (Å²) >= 11 is 1.41. The number of carbonyl (C=O) groups is 2. The van der Waals surface area contributed by atoms with Gasteiger partial charge in [-0.05, 0) is 50.4 Å². The Morgan fingerprint density at radius 1 is 0.441 bits per heavy atom. The SMILES string of the molecule is CC1CCC(C(C)C)C(O)C1.CCCCCCCCCCCCCCCC[n+]1ccccc1.CCCCCCCCCCCCCCCC[n+]1ccccc1.CCCCCCCCCCC[CH2][Na].CCO.O=C(O)C(O)C(O)C(=O)O.O=S(=O)([O-])[O-].OCC(O)CO.OC[C@@H](O)[C@H](O)[C@@H](O)CO. The molecule has 22 nitrogen and oxygen atoms in total. The van der Waals surface area contributed by atoms with Gasteiger partial charge in [0.2, 0.25) is 0 Å². The van der Waals surface area contributed by atoms with Gasteiger partial charge in [0.1, 0.15) is 37.5 Å². The third kappa shape index (κ3) is 90.0. The number of hydrogen-bond acceptors (Lipinski definition) is 18. The molecule has 1 fully saturated rings. The summed E-state index contributed by atoms with van der Waals surface area (Å²) in [6.07, 6.45) is 57.3. The number of aryl methyl sites for hydroxylation is 2. The van der Waals surface area contributed by atoms with Gasteiger partial charge in [-0.1, -0.05) is 207 Å². The number of unbranched alkanes of at least 4 members (excludes halogenated alkanes) is 35. The van der Waals surface area contributed by atoms with Crippen molar-refractivity contribution in [3.05, 3.63) is 61.2 Å². The molecule has 602 valence electrons. The van der Waals surface area contributed by atoms with E-state index in [0.29, 0.717) is 11.8 Å². The molecule has 0 aliphatic heterocycles. The molecule has 1 saturated carbocycles. The number of rotatable bonds is 50. The Labute approximate surface area is 637 Å². The topological polar surface area (TPSA) is 405 Å². The number of hydrogen-bond donors (Lipinski definition) is 14. The second-order valence-corrected chi connectivity index (χ2v) is 29.1. The average Bonchev–Trinajstić information content (AvgIpc) is 0.876. The molecule has 0 amide bonds. The third-order valence-electron chi connectivity index (χ3n) is 17.2. The molecule has 0 bridgehead atoms. The molecule has 102 heavy (non-hydrogen) atoms. The Hall–Kier alpha value is -2.37. The van der Waals surface area contributed by atoms with Crippen LogP contribution in [-0.4, -0.2) is 205 Å². The van der Waals surface area contributed by atoms with E-state index in [4.69, 9.17) is 83.9 Å². The van der Waals surface area contributed by atoms with E-state index in [0.717, 1.165) is 12.3 Å². The molecule has 1 aliphatic rings. The van der Waals surface area contributed by atoms with E-state index in [2.05, 4.69) is 112 Å². The molecule has 3 rings (SSSR count). The van der Waals surface area contributed by atoms with E-state index in [1.165, 1.54) is 302 Å². The molecule has 24 heteroatoms. The molecule has 2 aromatic heterocycles. The molecule has 8 atom stereocenters. The second kappa shape index (κ2) is 85.9. The monoisotopic (exact) mass is 1490 g/mol. The Bertz CT molecular complexity index is 1950. The second-order valence-electron chi connectivity index (χ2n) is 27.3. The van der Waals surface area contributed by atoms with Gasteiger partial charge in [-0.3, -0.25) is 8.42 Å². The van der Waals surface area contributed by atoms with Crippen LogP contribution in [0.15, 0.2) is 61.2 Å². The summed E-state index contributed by atoms with van der Waals surface area (Å²) < 4.78 is 40.2. The maximum atomic E-state index is 9.77. The van der Waals surface area contributed by atoms with E-state index in [1.807, 2.05) is 0 Å². The van der Waals surface area contributed by atoms with Crippen molar-refractivity contribution in [1.29, 1.82) is 0 Å². The Kier molecular flexibility index (Phi) is 93.1. The summed E-state index contributed by atoms with van der Waals surface area (Å²) in [4.78, 5) is 19.5. The predicted octanol–water partition coefficient (Wildman–Crippen LogP) is 11.8. The smallest absolute Gasteiger partial charge is 0.335 e. The van der Waals surface area contributed by atoms with E-state index in [9.17, 15) is 14.7 Å². The van der Waals surface area contributed by atoms with Crippen LogP contribution in [0.25, 0.3) is 0 Å². The number of carboxylic acids is 2. The molecule has 0 saturated heterocycles. The first kappa shape index (κ1) is 111. The molecule has 2 heterocycles. The molecule has 0 spiro atoms. The number of pyridine rings is 2. The Morgan fingerprint density at radius 2 is 0.686 bits per heavy atom. The number of aliphatic hydroxyl groups is 12. The number of aliphatic carboxylic acids is 2. The first-order valence-electron chi connectivity index (χ1n) is 39.5. The minimum atomic E-state index is -5.17. The van der Waals surface area contributed by atoms with Gasteiger partial charge in [-0.15, -0.1) is 0 Å². The minimum Gasteiger partial charge on any atom is -0.759 e. The normalized spacial score (nSPS) is 15.2. The van der Waals surface area contributed by atoms with Crippen LogP contribution in [-0.2, 0) is 33.1 Å². The van der Waals surface area contributed by atoms with Gasteiger partial charge in [0.25, 0.3) is 0 Å². The van der Waals surface area contributed by atoms with E-state index >= 15 is 0 Å². The van der Waals surface area contributed by atoms with Gasteiger partial charge in [-0.25, -0.2) is 18.7 Å². The molecule has 14 N–H and O–H groups in total. The fourth-order valence-corrected chi connectivity index (χ4v) is 11.3. The van der Waals surface area contributed by atoms with Crippen LogP contribution in [0.1, 0.15) is 312 Å². The van der Waals surface area contributed by atoms with Gasteiger partial charge in [0.05, 0.1) is 32.5 Å². The molecular weight excluding hydrogens is 1340 g/mol. The largest absolute Gasteiger partial charge is 0.759 e. The van der Waals surface area contributed by atoms with Crippen LogP contribution in [0.3, 0.4) is 0 Å². The van der Waals surface area contributed by atoms with E-state index in [-0.39, 0.29) is 25.9 Å². The van der Waals surface area contributed by atoms with Crippen LogP contribution in [0.4, 0.5) is 0 Å². The van der Waals surface area contributed by atoms with Gasteiger partial charge in [-0.2, -0.15) is 0 Å². The van der Waals surface area contributed by atoms with Gasteiger partial charge >= 0.3 is 115 Å². The minimum absolute atomic E-state index is 0.0289. The Balaban J connectivity index is -0.000000268. The fraction of sp³-hybridized carbons (Fsp3) is 0.846. The summed E-state index contributed by atoms with van der Waals surface area (Å²) in [7, 11) is -5.17. The summed E-state index contributed by atoms with van der Waals surface area (Å²) in [6.45, 7) is 15.8. The van der Waals surface area contributed by atoms with Crippen molar-refractivity contribution < 1.29 is 108 Å². The first-order chi connectivity index (χ1) is 48.7. The van der Waals surface area contributed by atoms with Crippen molar-refractivity contribution in [2.45, 2.75) is 371 Å². The van der Waals surface area contributed by atoms with Crippen LogP contribution in [0.5, 0.6) is 0 Å². The third-order valence-corrected chi connectivity index (χ3v) is 17.9. The van der Waals surface area contributed by atoms with Crippen molar-refractivity contribution in [2.24, 2.45) is 17.8 Å². The zero-order chi connectivity index (χ0) is 78.3. The number of aromatic nitrogens is 2. The number of carboxylic acid groups (broad SMARTS) is 2. The molecule has 5 unspecified atom stereocenters. The van der Waals surface area contributed by atoms with Crippen molar-refractivity contribution in [3.8, 4) is 0 Å². The quantitative estimate of drug-likeness (QED) is 0.00962. The van der Waals surface area contributed by atoms with Crippen LogP contribution in [0, 0.1) is 17.8 Å². The van der Waals surface area contributed by atoms with Gasteiger partial charge in [0.15, 0.2) is 37.0 Å². The number of nitrogens with zero attached hydrogens (tertiary/aromatic N) is 2. The summed E-state index contributed by atoms with van der Waals surface area (Å²) in [5, 5.41) is 116. The van der Waals surface area contributed by atoms with Crippen molar-refractivity contribution in [1.82, 2.24) is 0 Å². The molecule has 0 radical (unpaired) electrons. The zero-order valence-corrected chi connectivity index (χ0v) is 68.0. The van der Waals surface area contributed by atoms with E-state index in [1.54, 1.807) is 6.92 Å². The maximum absolute atomic E-state index is 9.77. The average molecular weight is 1490 g/mol. The van der Waals surface area contributed by atoms with E-state index < -0.39 is 72.2 Å². The van der Waals surface area contributed by atoms with Crippen molar-refractivity contribution in [3.63, 3.8) is 0 Å². The first-order valence-corrected chi connectivity index (χ1v) is 42.3. The fourth-order valence-electron chi connectivity index (χ4n) is 10.8. The van der Waals surface area contributed by atoms with Crippen LogP contribution < -0.4 is 9.13 Å². The van der Waals surface area contributed by atoms with Gasteiger partial charge < -0.3 is 80.6 Å². The standard InChI is InChI=1S/2C21H38N.C12H25.C10H20O.C5H12O5.C4H6O6.C3H8O3.C2H6O.Na.H2O4S/c2*1-2-3-4-5-6-7-8-9-10-11-12-13-14-16-19-22-20-17-15-18-21-22;1-3-5-7-9-11-12-10-8-6-4-2;1-7(2)9-5-4-8(3)6-10(9)11;6-1-3(8)5(10)4(9)2-7;5-1(3(7)8)2(6)4(9)10;4-1-3(6)2-5;1-2-3;;1-5(2,3)4/h2*15,17-18,20-21H,2-14,16,19H2,1H3;1,3-12H2,2H3;7-11H,4-6H2,1-3H3;3-10H,1-2H2;1-2,5-6H,(H,7,8)(H,9,10);3-6H,1-2H2;3H,2H2,1H3;;(H2,1,2,3,4)/q2*+1;;;;;;;;/p-2/t;;;;3-,4+,5+;;;;;. The Morgan fingerprint density at radius 3 is 0.882 bits per heavy atom. The molecular formula is C78H153N2NaO20S. The maximum Gasteiger partial charge on any atom is 0.335 e. The predicted molar refractivity (Wildman–Crippen MR) is 407 cm³/mol. The number of aliphatic hydroxyl groups excluding tert-OH is 12. The van der Waals surface area contributed by atoms with Crippen molar-refractivity contribution in [2.75, 3.05) is 33.0 Å². The van der Waals surface area contributed by atoms with Crippen LogP contribution >= 0.6 is 0 Å². The van der Waals surface area contributed by atoms with Crippen LogP contribution in [0.2, 0.25) is 3.67 Å². The summed E-state index contributed by atoms with van der Waals surface area (Å²) in [5.74, 6) is -1.59. The van der Waals surface area contributed by atoms with Gasteiger partial charge in [0, 0.05) is 54.1 Å². The summed E-state index contributed by atoms with van der Waals surface area (Å²) in [5.41, 5.74) is 0. The van der Waals surface area contributed by atoms with Crippen molar-refractivity contribution >= 4 is 50.3 Å². The molecule has 1 aliphatic carbocycles. The molecule has 2 aromatic rings. The zero-order valence-electron chi connectivity index (χ0n) is 65.2. The molecule has 0 aromatic carbocycles.